The van der Waals surface area contributed by atoms with Crippen LogP contribution >= 0.6 is 34.0 Å². The van der Waals surface area contributed by atoms with Crippen molar-refractivity contribution in [3.8, 4) is 10.6 Å². The lowest BCUT2D eigenvalue weighted by Crippen LogP contribution is -2.02. The number of nitrogens with zero attached hydrogens (tertiary/aromatic N) is 3. The van der Waals surface area contributed by atoms with Crippen LogP contribution in [0, 0.1) is 6.92 Å². The topological polar surface area (TPSA) is 153 Å². The molecule has 251 valence electrons. The lowest BCUT2D eigenvalue weighted by Gasteiger charge is -2.01. The van der Waals surface area contributed by atoms with Crippen molar-refractivity contribution < 1.29 is 40.0 Å². The second-order valence-electron chi connectivity index (χ2n) is 8.89. The fraction of sp³-hybridized carbons (Fsp3) is 0.258. The summed E-state index contributed by atoms with van der Waals surface area (Å²) in [4.78, 5) is 68.6. The van der Waals surface area contributed by atoms with E-state index in [2.05, 4.69) is 30.2 Å². The van der Waals surface area contributed by atoms with Crippen LogP contribution in [-0.2, 0) is 9.47 Å². The Bertz CT molecular complexity index is 1650. The zero-order valence-corrected chi connectivity index (χ0v) is 29.0. The molecule has 0 bridgehead atoms. The first-order valence-corrected chi connectivity index (χ1v) is 16.0. The molecular weight excluding hydrogens is 671 g/mol. The molecule has 0 saturated heterocycles. The number of carboxylic acid groups (broad SMARTS) is 1. The summed E-state index contributed by atoms with van der Waals surface area (Å²) in [7, 11) is 15.0. The van der Waals surface area contributed by atoms with Crippen molar-refractivity contribution in [1.29, 1.82) is 0 Å². The average Bonchev–Trinajstić information content (AvgIpc) is 3.82. The summed E-state index contributed by atoms with van der Waals surface area (Å²) in [6.07, 6.45) is 4.84. The predicted molar refractivity (Wildman–Crippen MR) is 196 cm³/mol. The minimum absolute atomic E-state index is 0. The van der Waals surface area contributed by atoms with Gasteiger partial charge in [-0.05, 0) is 63.2 Å². The second kappa shape index (κ2) is 23.1. The molecular formula is C31H37B3N3O8S3. The van der Waals surface area contributed by atoms with Crippen LogP contribution in [0.1, 0.15) is 76.9 Å². The molecule has 0 unspecified atom stereocenters. The van der Waals surface area contributed by atoms with Crippen molar-refractivity contribution in [2.24, 2.45) is 0 Å². The van der Waals surface area contributed by atoms with Gasteiger partial charge in [-0.25, -0.2) is 24.4 Å². The Morgan fingerprint density at radius 1 is 0.917 bits per heavy atom. The standard InChI is InChI=1S/C12H12N2O2S.C11H13NO3S.C7H6O3S.CH4.B3.H2/c1-3-16-12(15)11-5-4-10(17-11)9-6-7-13-8(2)14-9;1-12(2)7-6-8(13)9-4-5-10(16-9)11(14)15-3;1-4(8)5-2-3-6(11-5)7(9)10;;1-3-2;/h4-7H,3H2,1-2H3;4-7H,1-3H3;2-3H,1H3,(H,9,10);1H4;;1H/i;;;;;1+1. The zero-order chi connectivity index (χ0) is 35.5. The van der Waals surface area contributed by atoms with Gasteiger partial charge in [0.1, 0.15) is 20.5 Å². The molecule has 1 N–H and O–H groups in total. The van der Waals surface area contributed by atoms with Crippen LogP contribution in [0.5, 0.6) is 0 Å². The summed E-state index contributed by atoms with van der Waals surface area (Å²) in [6.45, 7) is 5.43. The Labute approximate surface area is 297 Å². The number of ether oxygens (including phenoxy) is 2. The molecule has 0 aliphatic heterocycles. The summed E-state index contributed by atoms with van der Waals surface area (Å²) in [5.41, 5.74) is 0.832. The number of esters is 2. The Balaban J connectivity index is 0. The SMILES string of the molecule is C.CC(=O)c1ccc(C(=O)O)s1.CCOC(=O)c1ccc(-c2ccnc(C)n2)s1.COC(=O)c1ccc(C(=O)C=CN(C)C)s1.[2HH].[B][B][B]. The summed E-state index contributed by atoms with van der Waals surface area (Å²) in [6, 6.07) is 11.6. The van der Waals surface area contributed by atoms with Crippen LogP contribution in [0.4, 0.5) is 0 Å². The summed E-state index contributed by atoms with van der Waals surface area (Å²) < 4.78 is 9.50. The third-order valence-corrected chi connectivity index (χ3v) is 8.38. The number of methoxy groups -OCH3 is 1. The molecule has 4 rings (SSSR count). The molecule has 0 amide bonds. The van der Waals surface area contributed by atoms with Gasteiger partial charge in [0, 0.05) is 56.5 Å². The van der Waals surface area contributed by atoms with Crippen LogP contribution in [0.25, 0.3) is 10.6 Å². The van der Waals surface area contributed by atoms with Crippen LogP contribution in [0.2, 0.25) is 0 Å². The first-order chi connectivity index (χ1) is 22.3. The molecule has 0 aromatic carbocycles. The van der Waals surface area contributed by atoms with Gasteiger partial charge in [0.05, 0.1) is 34.0 Å². The van der Waals surface area contributed by atoms with Crippen molar-refractivity contribution >= 4 is 86.0 Å². The average molecular weight is 709 g/mol. The number of rotatable bonds is 9. The van der Waals surface area contributed by atoms with Gasteiger partial charge < -0.3 is 19.5 Å². The maximum absolute atomic E-state index is 11.6. The lowest BCUT2D eigenvalue weighted by atomic mass is 9.40. The molecule has 0 spiro atoms. The number of aryl methyl sites for hydroxylation is 1. The van der Waals surface area contributed by atoms with Crippen LogP contribution in [0.15, 0.2) is 60.9 Å². The van der Waals surface area contributed by atoms with Gasteiger partial charge in [0.2, 0.25) is 0 Å². The van der Waals surface area contributed by atoms with Gasteiger partial charge in [-0.3, -0.25) is 9.59 Å². The number of aromatic carboxylic acids is 1. The molecule has 0 aliphatic carbocycles. The van der Waals surface area contributed by atoms with Crippen molar-refractivity contribution in [2.75, 3.05) is 27.8 Å². The number of hydrogen-bond acceptors (Lipinski definition) is 13. The molecule has 4 aromatic heterocycles. The van der Waals surface area contributed by atoms with Gasteiger partial charge in [-0.1, -0.05) is 7.43 Å². The monoisotopic (exact) mass is 709 g/mol. The number of carbonyl (C=O) groups is 5. The minimum Gasteiger partial charge on any atom is -0.477 e. The Kier molecular flexibility index (Phi) is 21.0. The highest BCUT2D eigenvalue weighted by Gasteiger charge is 2.13. The van der Waals surface area contributed by atoms with Crippen molar-refractivity contribution in [3.05, 3.63) is 91.1 Å². The molecule has 11 nitrogen and oxygen atoms in total. The molecule has 0 aliphatic rings. The van der Waals surface area contributed by atoms with E-state index in [0.717, 1.165) is 40.3 Å². The number of carboxylic acids is 1. The van der Waals surface area contributed by atoms with E-state index in [0.29, 0.717) is 31.9 Å². The van der Waals surface area contributed by atoms with Gasteiger partial charge in [-0.2, -0.15) is 0 Å². The van der Waals surface area contributed by atoms with Crippen LogP contribution in [-0.4, -0.2) is 99.8 Å². The maximum atomic E-state index is 11.6. The summed E-state index contributed by atoms with van der Waals surface area (Å²) in [5, 5.41) is 8.48. The third-order valence-electron chi connectivity index (χ3n) is 5.03. The molecule has 4 heterocycles. The summed E-state index contributed by atoms with van der Waals surface area (Å²) >= 11 is 3.51. The van der Waals surface area contributed by atoms with E-state index in [9.17, 15) is 24.0 Å². The molecule has 17 heteroatoms. The predicted octanol–water partition coefficient (Wildman–Crippen LogP) is 5.87. The van der Waals surface area contributed by atoms with E-state index in [1.165, 1.54) is 43.6 Å². The second-order valence-corrected chi connectivity index (χ2v) is 12.1. The fourth-order valence-electron chi connectivity index (χ4n) is 3.00. The first-order valence-electron chi connectivity index (χ1n) is 13.5. The molecule has 0 atom stereocenters. The number of carbonyl (C=O) groups excluding carboxylic acids is 4. The number of allylic oxidation sites excluding steroid dienone is 1. The third kappa shape index (κ3) is 15.5. The quantitative estimate of drug-likeness (QED) is 0.0961. The van der Waals surface area contributed by atoms with Gasteiger partial charge >= 0.3 is 17.9 Å². The van der Waals surface area contributed by atoms with E-state index in [1.54, 1.807) is 42.4 Å². The maximum Gasteiger partial charge on any atom is 0.348 e. The Hall–Kier alpha value is -4.34. The minimum atomic E-state index is -0.984. The molecule has 5 radical (unpaired) electrons. The van der Waals surface area contributed by atoms with Gasteiger partial charge in [0.25, 0.3) is 0 Å². The molecule has 4 aromatic rings. The highest BCUT2D eigenvalue weighted by atomic mass is 32.1. The van der Waals surface area contributed by atoms with E-state index < -0.39 is 11.9 Å². The van der Waals surface area contributed by atoms with Crippen molar-refractivity contribution in [3.63, 3.8) is 0 Å². The van der Waals surface area contributed by atoms with E-state index >= 15 is 0 Å². The molecule has 0 saturated carbocycles. The smallest absolute Gasteiger partial charge is 0.348 e. The van der Waals surface area contributed by atoms with E-state index in [-0.39, 0.29) is 31.3 Å². The highest BCUT2D eigenvalue weighted by molar-refractivity contribution is 7.17. The van der Waals surface area contributed by atoms with Crippen molar-refractivity contribution in [1.82, 2.24) is 14.9 Å². The number of hydrogen-bond donors (Lipinski definition) is 1. The number of aromatic nitrogens is 2. The highest BCUT2D eigenvalue weighted by Crippen LogP contribution is 2.27. The largest absolute Gasteiger partial charge is 0.477 e. The van der Waals surface area contributed by atoms with Gasteiger partial charge in [0.15, 0.2) is 11.6 Å². The number of Topliss-reactive ketones (excluding diaryl/α,β-unsaturated/α-hetero) is 1. The summed E-state index contributed by atoms with van der Waals surface area (Å²) in [5.74, 6) is -1.18. The molecule has 48 heavy (non-hydrogen) atoms. The normalized spacial score (nSPS) is 9.54. The Morgan fingerprint density at radius 3 is 1.96 bits per heavy atom. The van der Waals surface area contributed by atoms with Crippen molar-refractivity contribution in [2.45, 2.75) is 28.2 Å². The fourth-order valence-corrected chi connectivity index (χ4v) is 5.46. The number of thiophene rings is 3. The van der Waals surface area contributed by atoms with E-state index in [1.807, 2.05) is 33.2 Å². The number of ketones is 2. The Morgan fingerprint density at radius 2 is 1.46 bits per heavy atom. The lowest BCUT2D eigenvalue weighted by molar-refractivity contribution is 0.0530. The van der Waals surface area contributed by atoms with Crippen LogP contribution < -0.4 is 0 Å². The van der Waals surface area contributed by atoms with E-state index in [4.69, 9.17) is 9.84 Å². The zero-order valence-electron chi connectivity index (χ0n) is 26.6. The van der Waals surface area contributed by atoms with Crippen LogP contribution in [0.3, 0.4) is 0 Å². The molecule has 0 fully saturated rings. The first kappa shape index (κ1) is 43.7. The van der Waals surface area contributed by atoms with Gasteiger partial charge in [-0.15, -0.1) is 34.0 Å².